The number of hydrogen-bond donors (Lipinski definition) is 1. The Morgan fingerprint density at radius 2 is 1.09 bits per heavy atom. The summed E-state index contributed by atoms with van der Waals surface area (Å²) in [4.78, 5) is 38.5. The maximum absolute atomic E-state index is 10.6. The topological polar surface area (TPSA) is 120 Å². The number of carbonyl (C=O) groups is 1. The van der Waals surface area contributed by atoms with E-state index in [4.69, 9.17) is 25.4 Å². The predicted molar refractivity (Wildman–Crippen MR) is 119 cm³/mol. The van der Waals surface area contributed by atoms with Crippen molar-refractivity contribution in [2.24, 2.45) is 9.98 Å². The van der Waals surface area contributed by atoms with Crippen LogP contribution < -0.4 is 18.9 Å². The Hall–Kier alpha value is -3.90. The van der Waals surface area contributed by atoms with E-state index in [2.05, 4.69) is 9.98 Å². The van der Waals surface area contributed by atoms with Crippen molar-refractivity contribution >= 4 is 54.2 Å². The molecular formula is C21H15N3O6PS+. The summed E-state index contributed by atoms with van der Waals surface area (Å²) < 4.78 is 17.7. The van der Waals surface area contributed by atoms with Crippen molar-refractivity contribution in [1.82, 2.24) is 0 Å². The molecule has 0 spiro atoms. The first-order chi connectivity index (χ1) is 15.5. The van der Waals surface area contributed by atoms with Crippen LogP contribution >= 0.6 is 6.72 Å². The SMILES string of the molecule is O=C=Nc1ccc(OP(=S)(Oc2ccc(N=C=O)cc2)Oc2ccc([NH2+]C=O)cc2)cc1. The van der Waals surface area contributed by atoms with Gasteiger partial charge >= 0.3 is 13.1 Å². The number of rotatable bonds is 10. The van der Waals surface area contributed by atoms with Crippen LogP contribution in [-0.2, 0) is 26.2 Å². The van der Waals surface area contributed by atoms with Crippen molar-refractivity contribution in [2.45, 2.75) is 0 Å². The van der Waals surface area contributed by atoms with Gasteiger partial charge in [0, 0.05) is 23.9 Å². The fourth-order valence-electron chi connectivity index (χ4n) is 2.43. The Kier molecular flexibility index (Phi) is 7.78. The van der Waals surface area contributed by atoms with Gasteiger partial charge in [-0.25, -0.2) is 14.4 Å². The molecule has 0 aromatic heterocycles. The highest BCUT2D eigenvalue weighted by molar-refractivity contribution is 8.08. The van der Waals surface area contributed by atoms with Crippen LogP contribution in [0.15, 0.2) is 82.8 Å². The quantitative estimate of drug-likeness (QED) is 0.158. The fourth-order valence-corrected chi connectivity index (χ4v) is 4.46. The molecule has 160 valence electrons. The van der Waals surface area contributed by atoms with Gasteiger partial charge in [0.05, 0.1) is 11.4 Å². The molecule has 0 fully saturated rings. The number of nitrogens with zero attached hydrogens (tertiary/aromatic N) is 2. The molecule has 0 radical (unpaired) electrons. The highest BCUT2D eigenvalue weighted by Crippen LogP contribution is 2.50. The third kappa shape index (κ3) is 6.55. The van der Waals surface area contributed by atoms with Gasteiger partial charge in [0.2, 0.25) is 12.2 Å². The number of quaternary nitrogens is 1. The van der Waals surface area contributed by atoms with E-state index in [1.165, 1.54) is 17.5 Å². The van der Waals surface area contributed by atoms with Gasteiger partial charge in [0.1, 0.15) is 22.9 Å². The minimum atomic E-state index is -3.44. The maximum atomic E-state index is 10.6. The van der Waals surface area contributed by atoms with Crippen LogP contribution in [0.4, 0.5) is 17.1 Å². The van der Waals surface area contributed by atoms with Crippen molar-refractivity contribution in [3.8, 4) is 17.2 Å². The minimum absolute atomic E-state index is 0.339. The highest BCUT2D eigenvalue weighted by atomic mass is 32.5. The van der Waals surface area contributed by atoms with Crippen LogP contribution in [0.25, 0.3) is 0 Å². The number of primary amides is 1. The number of carbonyl (C=O) groups excluding carboxylic acids is 3. The number of aliphatic imine (C=N–C) groups is 2. The Balaban J connectivity index is 1.87. The number of nitrogens with two attached hydrogens (primary N) is 1. The predicted octanol–water partition coefficient (Wildman–Crippen LogP) is 3.73. The van der Waals surface area contributed by atoms with Gasteiger partial charge in [-0.05, 0) is 60.7 Å². The zero-order chi connectivity index (χ0) is 22.8. The molecule has 3 aromatic rings. The van der Waals surface area contributed by atoms with E-state index in [0.717, 1.165) is 0 Å². The van der Waals surface area contributed by atoms with Crippen LogP contribution in [-0.4, -0.2) is 18.6 Å². The molecule has 0 saturated carbocycles. The van der Waals surface area contributed by atoms with Crippen LogP contribution in [0.3, 0.4) is 0 Å². The molecule has 0 saturated heterocycles. The minimum Gasteiger partial charge on any atom is -0.407 e. The Bertz CT molecular complexity index is 1150. The molecular weight excluding hydrogens is 453 g/mol. The molecule has 0 unspecified atom stereocenters. The fraction of sp³-hybridized carbons (Fsp3) is 0. The first-order valence-electron chi connectivity index (χ1n) is 8.97. The molecule has 3 aromatic carbocycles. The normalized spacial score (nSPS) is 11.8. The first kappa shape index (κ1) is 22.8. The Morgan fingerprint density at radius 3 is 1.44 bits per heavy atom. The Labute approximate surface area is 187 Å². The van der Waals surface area contributed by atoms with E-state index < -0.39 is 6.72 Å². The second kappa shape index (κ2) is 10.9. The summed E-state index contributed by atoms with van der Waals surface area (Å²) in [6.45, 7) is -3.44. The van der Waals surface area contributed by atoms with Gasteiger partial charge in [-0.3, -0.25) is 5.32 Å². The van der Waals surface area contributed by atoms with Crippen LogP contribution in [0.1, 0.15) is 0 Å². The zero-order valence-corrected chi connectivity index (χ0v) is 18.0. The van der Waals surface area contributed by atoms with Crippen LogP contribution in [0.5, 0.6) is 17.2 Å². The summed E-state index contributed by atoms with van der Waals surface area (Å²) in [6.07, 6.45) is 3.60. The summed E-state index contributed by atoms with van der Waals surface area (Å²) in [5.74, 6) is 1.05. The lowest BCUT2D eigenvalue weighted by molar-refractivity contribution is -0.466. The number of benzene rings is 3. The second-order valence-electron chi connectivity index (χ2n) is 5.99. The van der Waals surface area contributed by atoms with Crippen molar-refractivity contribution in [3.63, 3.8) is 0 Å². The van der Waals surface area contributed by atoms with E-state index >= 15 is 0 Å². The van der Waals surface area contributed by atoms with E-state index in [9.17, 15) is 14.4 Å². The van der Waals surface area contributed by atoms with E-state index in [0.29, 0.717) is 40.7 Å². The number of hydrogen-bond acceptors (Lipinski definition) is 9. The molecule has 3 rings (SSSR count). The van der Waals surface area contributed by atoms with Gasteiger partial charge in [0.15, 0.2) is 0 Å². The molecule has 11 heteroatoms. The zero-order valence-electron chi connectivity index (χ0n) is 16.3. The van der Waals surface area contributed by atoms with Gasteiger partial charge in [-0.2, -0.15) is 9.98 Å². The summed E-state index contributed by atoms with van der Waals surface area (Å²) in [6, 6.07) is 19.1. The molecule has 0 heterocycles. The lowest BCUT2D eigenvalue weighted by Crippen LogP contribution is -2.76. The molecule has 0 atom stereocenters. The van der Waals surface area contributed by atoms with Gasteiger partial charge in [-0.15, -0.1) is 0 Å². The monoisotopic (exact) mass is 468 g/mol. The number of amides is 1. The van der Waals surface area contributed by atoms with Crippen LogP contribution in [0.2, 0.25) is 0 Å². The molecule has 1 amide bonds. The van der Waals surface area contributed by atoms with Gasteiger partial charge in [0.25, 0.3) is 0 Å². The van der Waals surface area contributed by atoms with Crippen molar-refractivity contribution in [2.75, 3.05) is 0 Å². The van der Waals surface area contributed by atoms with Gasteiger partial charge in [-0.1, -0.05) is 0 Å². The molecule has 2 N–H and O–H groups in total. The third-order valence-electron chi connectivity index (χ3n) is 3.82. The third-order valence-corrected chi connectivity index (χ3v) is 5.79. The average molecular weight is 468 g/mol. The highest BCUT2D eigenvalue weighted by Gasteiger charge is 2.27. The summed E-state index contributed by atoms with van der Waals surface area (Å²) in [7, 11) is 0. The summed E-state index contributed by atoms with van der Waals surface area (Å²) in [5.41, 5.74) is 1.49. The molecule has 0 aliphatic carbocycles. The van der Waals surface area contributed by atoms with E-state index in [-0.39, 0.29) is 0 Å². The second-order valence-corrected chi connectivity index (χ2v) is 8.77. The Morgan fingerprint density at radius 1 is 0.719 bits per heavy atom. The molecule has 0 aliphatic heterocycles. The lowest BCUT2D eigenvalue weighted by Gasteiger charge is -2.23. The van der Waals surface area contributed by atoms with E-state index in [1.807, 2.05) is 0 Å². The molecule has 0 aliphatic rings. The standard InChI is InChI=1S/C21H14N3O6PS/c25-13-22-16-1-7-19(8-2-16)28-31(32,29-20-9-3-17(4-10-20)23-14-26)30-21-11-5-18(6-12-21)24-15-27/h1-13H,(H,22,25)/p+1. The molecule has 9 nitrogen and oxygen atoms in total. The smallest absolute Gasteiger partial charge is 0.407 e. The van der Waals surface area contributed by atoms with Crippen molar-refractivity contribution in [1.29, 1.82) is 0 Å². The van der Waals surface area contributed by atoms with Crippen molar-refractivity contribution < 1.29 is 33.3 Å². The summed E-state index contributed by atoms with van der Waals surface area (Å²) >= 11 is 5.61. The molecule has 0 bridgehead atoms. The number of isocyanates is 2. The largest absolute Gasteiger partial charge is 0.490 e. The van der Waals surface area contributed by atoms with Crippen molar-refractivity contribution in [3.05, 3.63) is 72.8 Å². The maximum Gasteiger partial charge on any atom is 0.490 e. The van der Waals surface area contributed by atoms with Crippen LogP contribution in [0, 0.1) is 0 Å². The summed E-state index contributed by atoms with van der Waals surface area (Å²) in [5, 5.41) is 1.40. The first-order valence-corrected chi connectivity index (χ1v) is 11.5. The lowest BCUT2D eigenvalue weighted by atomic mass is 10.3. The molecule has 32 heavy (non-hydrogen) atoms. The van der Waals surface area contributed by atoms with Gasteiger partial charge < -0.3 is 13.6 Å². The van der Waals surface area contributed by atoms with E-state index in [1.54, 1.807) is 72.8 Å². The average Bonchev–Trinajstić information content (AvgIpc) is 2.78.